The monoisotopic (exact) mass is 282 g/mol. The van der Waals surface area contributed by atoms with Gasteiger partial charge in [-0.2, -0.15) is 0 Å². The maximum absolute atomic E-state index is 11.9. The number of likely N-dealkylation sites (N-methyl/N-ethyl adjacent to an activating group) is 1. The lowest BCUT2D eigenvalue weighted by Gasteiger charge is -2.34. The van der Waals surface area contributed by atoms with E-state index in [1.165, 1.54) is 4.90 Å². The Balaban J connectivity index is 1.70. The van der Waals surface area contributed by atoms with E-state index in [1.807, 2.05) is 0 Å². The van der Waals surface area contributed by atoms with E-state index in [2.05, 4.69) is 16.7 Å². The molecule has 1 atom stereocenters. The van der Waals surface area contributed by atoms with Crippen LogP contribution in [0.2, 0.25) is 0 Å². The first kappa shape index (κ1) is 15.4. The van der Waals surface area contributed by atoms with Gasteiger partial charge in [0.1, 0.15) is 0 Å². The van der Waals surface area contributed by atoms with Crippen LogP contribution in [0.4, 0.5) is 0 Å². The zero-order valence-electron chi connectivity index (χ0n) is 12.4. The zero-order valence-corrected chi connectivity index (χ0v) is 12.4. The van der Waals surface area contributed by atoms with Gasteiger partial charge in [-0.1, -0.05) is 6.92 Å². The second-order valence-corrected chi connectivity index (χ2v) is 5.66. The summed E-state index contributed by atoms with van der Waals surface area (Å²) in [6.07, 6.45) is 1.74. The van der Waals surface area contributed by atoms with Gasteiger partial charge in [0, 0.05) is 39.1 Å². The molecule has 0 spiro atoms. The van der Waals surface area contributed by atoms with Gasteiger partial charge in [0.05, 0.1) is 6.04 Å². The molecule has 2 rings (SSSR count). The van der Waals surface area contributed by atoms with Gasteiger partial charge in [-0.3, -0.25) is 14.5 Å². The number of hydrogen-bond donors (Lipinski definition) is 1. The Morgan fingerprint density at radius 2 is 1.75 bits per heavy atom. The summed E-state index contributed by atoms with van der Waals surface area (Å²) >= 11 is 0. The molecule has 0 unspecified atom stereocenters. The van der Waals surface area contributed by atoms with Crippen molar-refractivity contribution in [1.29, 1.82) is 0 Å². The number of imide groups is 1. The van der Waals surface area contributed by atoms with Crippen molar-refractivity contribution in [2.45, 2.75) is 32.2 Å². The molecule has 0 bridgehead atoms. The van der Waals surface area contributed by atoms with Gasteiger partial charge in [0.2, 0.25) is 11.8 Å². The normalized spacial score (nSPS) is 26.3. The molecule has 0 radical (unpaired) electrons. The summed E-state index contributed by atoms with van der Waals surface area (Å²) in [6, 6.07) is -0.485. The fourth-order valence-corrected chi connectivity index (χ4v) is 2.88. The second kappa shape index (κ2) is 7.15. The SMILES string of the molecule is CCN1CCN(CCCN2C(=O)CC[C@H](N)C2=O)CC1. The first-order chi connectivity index (χ1) is 9.61. The highest BCUT2D eigenvalue weighted by molar-refractivity contribution is 6.00. The highest BCUT2D eigenvalue weighted by atomic mass is 16.2. The Morgan fingerprint density at radius 3 is 2.40 bits per heavy atom. The van der Waals surface area contributed by atoms with E-state index in [0.29, 0.717) is 19.4 Å². The number of rotatable bonds is 5. The molecule has 0 aliphatic carbocycles. The second-order valence-electron chi connectivity index (χ2n) is 5.66. The van der Waals surface area contributed by atoms with Gasteiger partial charge in [0.15, 0.2) is 0 Å². The molecule has 2 heterocycles. The van der Waals surface area contributed by atoms with Gasteiger partial charge in [-0.05, 0) is 25.9 Å². The molecule has 0 saturated carbocycles. The van der Waals surface area contributed by atoms with Crippen LogP contribution in [0.5, 0.6) is 0 Å². The summed E-state index contributed by atoms with van der Waals surface area (Å²) in [5.41, 5.74) is 5.72. The average molecular weight is 282 g/mol. The molecular weight excluding hydrogens is 256 g/mol. The van der Waals surface area contributed by atoms with Crippen molar-refractivity contribution in [3.05, 3.63) is 0 Å². The van der Waals surface area contributed by atoms with Crippen molar-refractivity contribution >= 4 is 11.8 Å². The first-order valence-corrected chi connectivity index (χ1v) is 7.66. The van der Waals surface area contributed by atoms with Gasteiger partial charge >= 0.3 is 0 Å². The zero-order chi connectivity index (χ0) is 14.5. The highest BCUT2D eigenvalue weighted by Crippen LogP contribution is 2.12. The van der Waals surface area contributed by atoms with E-state index in [1.54, 1.807) is 0 Å². The Hall–Kier alpha value is -0.980. The smallest absolute Gasteiger partial charge is 0.246 e. The van der Waals surface area contributed by atoms with E-state index < -0.39 is 6.04 Å². The van der Waals surface area contributed by atoms with E-state index in [0.717, 1.165) is 45.7 Å². The molecule has 0 aromatic rings. The van der Waals surface area contributed by atoms with Crippen LogP contribution in [-0.2, 0) is 9.59 Å². The molecule has 0 aromatic heterocycles. The van der Waals surface area contributed by atoms with Crippen molar-refractivity contribution < 1.29 is 9.59 Å². The van der Waals surface area contributed by atoms with Crippen molar-refractivity contribution in [3.8, 4) is 0 Å². The average Bonchev–Trinajstić information content (AvgIpc) is 2.47. The number of nitrogens with zero attached hydrogens (tertiary/aromatic N) is 3. The van der Waals surface area contributed by atoms with Crippen molar-refractivity contribution in [1.82, 2.24) is 14.7 Å². The molecule has 2 aliphatic rings. The topological polar surface area (TPSA) is 69.9 Å². The molecule has 20 heavy (non-hydrogen) atoms. The Bertz CT molecular complexity index is 353. The predicted octanol–water partition coefficient (Wildman–Crippen LogP) is -0.510. The minimum absolute atomic E-state index is 0.0625. The third kappa shape index (κ3) is 3.77. The number of nitrogens with two attached hydrogens (primary N) is 1. The van der Waals surface area contributed by atoms with Crippen LogP contribution in [0.25, 0.3) is 0 Å². The number of piperazine rings is 1. The standard InChI is InChI=1S/C14H26N4O2/c1-2-16-8-10-17(11-9-16)6-3-7-18-13(19)5-4-12(15)14(18)20/h12H,2-11,15H2,1H3/t12-/m0/s1. The summed E-state index contributed by atoms with van der Waals surface area (Å²) in [5.74, 6) is -0.260. The number of amides is 2. The van der Waals surface area contributed by atoms with Crippen LogP contribution in [0.15, 0.2) is 0 Å². The van der Waals surface area contributed by atoms with Gasteiger partial charge < -0.3 is 15.5 Å². The van der Waals surface area contributed by atoms with Crippen molar-refractivity contribution in [2.24, 2.45) is 5.73 Å². The number of likely N-dealkylation sites (tertiary alicyclic amines) is 1. The van der Waals surface area contributed by atoms with Gasteiger partial charge in [0.25, 0.3) is 0 Å². The summed E-state index contributed by atoms with van der Waals surface area (Å²) in [4.78, 5) is 29.8. The molecule has 114 valence electrons. The minimum atomic E-state index is -0.485. The lowest BCUT2D eigenvalue weighted by Crippen LogP contribution is -2.52. The van der Waals surface area contributed by atoms with E-state index in [4.69, 9.17) is 5.73 Å². The van der Waals surface area contributed by atoms with Crippen molar-refractivity contribution in [2.75, 3.05) is 45.8 Å². The van der Waals surface area contributed by atoms with Crippen LogP contribution in [-0.4, -0.2) is 78.4 Å². The van der Waals surface area contributed by atoms with Crippen LogP contribution >= 0.6 is 0 Å². The lowest BCUT2D eigenvalue weighted by molar-refractivity contribution is -0.149. The lowest BCUT2D eigenvalue weighted by atomic mass is 10.0. The fourth-order valence-electron chi connectivity index (χ4n) is 2.88. The quantitative estimate of drug-likeness (QED) is 0.688. The molecular formula is C14H26N4O2. The summed E-state index contributed by atoms with van der Waals surface area (Å²) in [6.45, 7) is 9.15. The molecule has 0 aromatic carbocycles. The van der Waals surface area contributed by atoms with Gasteiger partial charge in [-0.15, -0.1) is 0 Å². The Morgan fingerprint density at radius 1 is 1.10 bits per heavy atom. The van der Waals surface area contributed by atoms with Crippen LogP contribution in [0, 0.1) is 0 Å². The molecule has 2 N–H and O–H groups in total. The summed E-state index contributed by atoms with van der Waals surface area (Å²) in [7, 11) is 0. The maximum Gasteiger partial charge on any atom is 0.246 e. The minimum Gasteiger partial charge on any atom is -0.320 e. The molecule has 2 saturated heterocycles. The number of carbonyl (C=O) groups is 2. The van der Waals surface area contributed by atoms with Crippen LogP contribution in [0.3, 0.4) is 0 Å². The molecule has 2 aliphatic heterocycles. The fraction of sp³-hybridized carbons (Fsp3) is 0.857. The van der Waals surface area contributed by atoms with Crippen LogP contribution < -0.4 is 5.73 Å². The number of hydrogen-bond acceptors (Lipinski definition) is 5. The van der Waals surface area contributed by atoms with E-state index in [9.17, 15) is 9.59 Å². The van der Waals surface area contributed by atoms with E-state index >= 15 is 0 Å². The summed E-state index contributed by atoms with van der Waals surface area (Å²) < 4.78 is 0. The third-order valence-corrected chi connectivity index (χ3v) is 4.32. The number of piperidine rings is 1. The molecule has 2 amide bonds. The molecule has 6 heteroatoms. The Labute approximate surface area is 120 Å². The van der Waals surface area contributed by atoms with Crippen molar-refractivity contribution in [3.63, 3.8) is 0 Å². The first-order valence-electron chi connectivity index (χ1n) is 7.66. The Kier molecular flexibility index (Phi) is 5.51. The van der Waals surface area contributed by atoms with Gasteiger partial charge in [-0.25, -0.2) is 0 Å². The predicted molar refractivity (Wildman–Crippen MR) is 77.1 cm³/mol. The van der Waals surface area contributed by atoms with Crippen LogP contribution in [0.1, 0.15) is 26.2 Å². The van der Waals surface area contributed by atoms with E-state index in [-0.39, 0.29) is 11.8 Å². The molecule has 2 fully saturated rings. The summed E-state index contributed by atoms with van der Waals surface area (Å²) in [5, 5.41) is 0. The third-order valence-electron chi connectivity index (χ3n) is 4.32. The highest BCUT2D eigenvalue weighted by Gasteiger charge is 2.31. The maximum atomic E-state index is 11.9. The largest absolute Gasteiger partial charge is 0.320 e. The number of carbonyl (C=O) groups excluding carboxylic acids is 2. The molecule has 6 nitrogen and oxygen atoms in total.